The molecule has 1 heterocycles. The summed E-state index contributed by atoms with van der Waals surface area (Å²) in [7, 11) is 2.99. The van der Waals surface area contributed by atoms with Gasteiger partial charge in [0.1, 0.15) is 10.6 Å². The summed E-state index contributed by atoms with van der Waals surface area (Å²) < 4.78 is 10.1. The highest BCUT2D eigenvalue weighted by atomic mass is 32.1. The highest BCUT2D eigenvalue weighted by Crippen LogP contribution is 2.43. The first-order valence-corrected chi connectivity index (χ1v) is 7.46. The number of methoxy groups -OCH3 is 2. The van der Waals surface area contributed by atoms with Crippen molar-refractivity contribution in [2.24, 2.45) is 0 Å². The molecule has 112 valence electrons. The number of nitrogens with two attached hydrogens (primary N) is 1. The Labute approximate surface area is 128 Å². The van der Waals surface area contributed by atoms with Crippen LogP contribution >= 0.6 is 11.3 Å². The van der Waals surface area contributed by atoms with Crippen molar-refractivity contribution < 1.29 is 14.3 Å². The van der Waals surface area contributed by atoms with Crippen molar-refractivity contribution in [1.29, 1.82) is 0 Å². The summed E-state index contributed by atoms with van der Waals surface area (Å²) in [6, 6.07) is 7.74. The van der Waals surface area contributed by atoms with Gasteiger partial charge in [-0.1, -0.05) is 26.0 Å². The maximum absolute atomic E-state index is 11.9. The summed E-state index contributed by atoms with van der Waals surface area (Å²) in [5.41, 5.74) is 8.65. The molecule has 2 aromatic rings. The molecule has 0 unspecified atom stereocenters. The van der Waals surface area contributed by atoms with Crippen LogP contribution in [0.1, 0.15) is 35.0 Å². The maximum Gasteiger partial charge on any atom is 0.350 e. The standard InChI is InChI=1S/C16H19NO3S/c1-9(2)12-13(17)15(16(18)20-4)21-14(12)10-6-5-7-11(8-10)19-3/h5-9H,17H2,1-4H3. The Kier molecular flexibility index (Phi) is 4.53. The molecule has 4 nitrogen and oxygen atoms in total. The van der Waals surface area contributed by atoms with Gasteiger partial charge in [0.25, 0.3) is 0 Å². The van der Waals surface area contributed by atoms with E-state index in [4.69, 9.17) is 15.2 Å². The van der Waals surface area contributed by atoms with Gasteiger partial charge in [0.15, 0.2) is 0 Å². The molecule has 0 saturated carbocycles. The van der Waals surface area contributed by atoms with E-state index >= 15 is 0 Å². The fourth-order valence-electron chi connectivity index (χ4n) is 2.25. The first-order valence-electron chi connectivity index (χ1n) is 6.64. The number of carbonyl (C=O) groups is 1. The van der Waals surface area contributed by atoms with Gasteiger partial charge in [-0.25, -0.2) is 4.79 Å². The van der Waals surface area contributed by atoms with Gasteiger partial charge in [0.2, 0.25) is 0 Å². The highest BCUT2D eigenvalue weighted by Gasteiger charge is 2.24. The Hall–Kier alpha value is -2.01. The number of hydrogen-bond donors (Lipinski definition) is 1. The molecule has 0 saturated heterocycles. The molecule has 21 heavy (non-hydrogen) atoms. The van der Waals surface area contributed by atoms with Crippen molar-refractivity contribution >= 4 is 23.0 Å². The molecule has 0 fully saturated rings. The highest BCUT2D eigenvalue weighted by molar-refractivity contribution is 7.18. The van der Waals surface area contributed by atoms with Gasteiger partial charge in [-0.15, -0.1) is 11.3 Å². The topological polar surface area (TPSA) is 61.5 Å². The molecule has 1 aromatic heterocycles. The second kappa shape index (κ2) is 6.18. The zero-order chi connectivity index (χ0) is 15.6. The Morgan fingerprint density at radius 1 is 1.29 bits per heavy atom. The van der Waals surface area contributed by atoms with Crippen molar-refractivity contribution in [3.63, 3.8) is 0 Å². The number of thiophene rings is 1. The SMILES string of the molecule is COC(=O)c1sc(-c2cccc(OC)c2)c(C(C)C)c1N. The van der Waals surface area contributed by atoms with E-state index in [9.17, 15) is 4.79 Å². The van der Waals surface area contributed by atoms with Crippen molar-refractivity contribution in [2.75, 3.05) is 20.0 Å². The lowest BCUT2D eigenvalue weighted by molar-refractivity contribution is 0.0607. The molecule has 0 spiro atoms. The van der Waals surface area contributed by atoms with Crippen LogP contribution in [-0.2, 0) is 4.74 Å². The van der Waals surface area contributed by atoms with Crippen LogP contribution in [-0.4, -0.2) is 20.2 Å². The zero-order valence-electron chi connectivity index (χ0n) is 12.6. The molecule has 1 aromatic carbocycles. The third-order valence-electron chi connectivity index (χ3n) is 3.26. The molecule has 0 atom stereocenters. The minimum absolute atomic E-state index is 0.209. The molecule has 0 bridgehead atoms. The van der Waals surface area contributed by atoms with Crippen LogP contribution < -0.4 is 10.5 Å². The van der Waals surface area contributed by atoms with Crippen LogP contribution in [0.25, 0.3) is 10.4 Å². The van der Waals surface area contributed by atoms with Gasteiger partial charge < -0.3 is 15.2 Å². The molecule has 0 aliphatic rings. The maximum atomic E-state index is 11.9. The Balaban J connectivity index is 2.64. The number of carbonyl (C=O) groups excluding carboxylic acids is 1. The number of rotatable bonds is 4. The first-order chi connectivity index (χ1) is 9.99. The largest absolute Gasteiger partial charge is 0.497 e. The molecule has 5 heteroatoms. The lowest BCUT2D eigenvalue weighted by Crippen LogP contribution is -2.03. The predicted molar refractivity (Wildman–Crippen MR) is 86.1 cm³/mol. The second-order valence-corrected chi connectivity index (χ2v) is 5.99. The van der Waals surface area contributed by atoms with Crippen molar-refractivity contribution in [1.82, 2.24) is 0 Å². The van der Waals surface area contributed by atoms with Crippen LogP contribution in [0.5, 0.6) is 5.75 Å². The van der Waals surface area contributed by atoms with Crippen LogP contribution in [0.4, 0.5) is 5.69 Å². The van der Waals surface area contributed by atoms with Crippen LogP contribution in [0.2, 0.25) is 0 Å². The Morgan fingerprint density at radius 3 is 2.57 bits per heavy atom. The van der Waals surface area contributed by atoms with Gasteiger partial charge in [-0.05, 0) is 29.2 Å². The van der Waals surface area contributed by atoms with E-state index in [0.717, 1.165) is 21.8 Å². The van der Waals surface area contributed by atoms with Crippen molar-refractivity contribution in [3.8, 4) is 16.2 Å². The van der Waals surface area contributed by atoms with E-state index in [2.05, 4.69) is 13.8 Å². The molecule has 0 radical (unpaired) electrons. The van der Waals surface area contributed by atoms with E-state index < -0.39 is 5.97 Å². The van der Waals surface area contributed by atoms with Crippen LogP contribution in [0.3, 0.4) is 0 Å². The van der Waals surface area contributed by atoms with E-state index in [1.165, 1.54) is 18.4 Å². The normalized spacial score (nSPS) is 10.7. The lowest BCUT2D eigenvalue weighted by atomic mass is 9.98. The molecular formula is C16H19NO3S. The van der Waals surface area contributed by atoms with Gasteiger partial charge in [0, 0.05) is 4.88 Å². The summed E-state index contributed by atoms with van der Waals surface area (Å²) in [6.45, 7) is 4.12. The molecule has 0 amide bonds. The quantitative estimate of drug-likeness (QED) is 0.870. The fourth-order valence-corrected chi connectivity index (χ4v) is 3.54. The monoisotopic (exact) mass is 305 g/mol. The van der Waals surface area contributed by atoms with Crippen molar-refractivity contribution in [2.45, 2.75) is 19.8 Å². The average Bonchev–Trinajstić information content (AvgIpc) is 2.84. The zero-order valence-corrected chi connectivity index (χ0v) is 13.4. The number of ether oxygens (including phenoxy) is 2. The number of hydrogen-bond acceptors (Lipinski definition) is 5. The molecule has 0 aliphatic heterocycles. The average molecular weight is 305 g/mol. The molecule has 2 rings (SSSR count). The van der Waals surface area contributed by atoms with E-state index in [1.54, 1.807) is 7.11 Å². The lowest BCUT2D eigenvalue weighted by Gasteiger charge is -2.10. The number of nitrogen functional groups attached to an aromatic ring is 1. The smallest absolute Gasteiger partial charge is 0.350 e. The second-order valence-electron chi connectivity index (χ2n) is 4.97. The molecule has 2 N–H and O–H groups in total. The van der Waals surface area contributed by atoms with Crippen LogP contribution in [0.15, 0.2) is 24.3 Å². The third-order valence-corrected chi connectivity index (χ3v) is 4.51. The van der Waals surface area contributed by atoms with Crippen LogP contribution in [0, 0.1) is 0 Å². The summed E-state index contributed by atoms with van der Waals surface area (Å²) in [6.07, 6.45) is 0. The molecule has 0 aliphatic carbocycles. The number of benzene rings is 1. The van der Waals surface area contributed by atoms with Gasteiger partial charge in [-0.2, -0.15) is 0 Å². The minimum Gasteiger partial charge on any atom is -0.497 e. The van der Waals surface area contributed by atoms with Gasteiger partial charge in [-0.3, -0.25) is 0 Å². The number of esters is 1. The van der Waals surface area contributed by atoms with Crippen molar-refractivity contribution in [3.05, 3.63) is 34.7 Å². The Morgan fingerprint density at radius 2 is 2.00 bits per heavy atom. The van der Waals surface area contributed by atoms with Gasteiger partial charge >= 0.3 is 5.97 Å². The minimum atomic E-state index is -0.395. The molecular weight excluding hydrogens is 286 g/mol. The fraction of sp³-hybridized carbons (Fsp3) is 0.312. The van der Waals surface area contributed by atoms with Gasteiger partial charge in [0.05, 0.1) is 19.9 Å². The first kappa shape index (κ1) is 15.4. The summed E-state index contributed by atoms with van der Waals surface area (Å²) in [4.78, 5) is 13.3. The number of anilines is 1. The Bertz CT molecular complexity index is 662. The predicted octanol–water partition coefficient (Wildman–Crippen LogP) is 3.92. The summed E-state index contributed by atoms with van der Waals surface area (Å²) in [5, 5.41) is 0. The van der Waals surface area contributed by atoms with E-state index in [-0.39, 0.29) is 5.92 Å². The van der Waals surface area contributed by atoms with E-state index in [0.29, 0.717) is 10.6 Å². The summed E-state index contributed by atoms with van der Waals surface area (Å²) in [5.74, 6) is 0.586. The summed E-state index contributed by atoms with van der Waals surface area (Å²) >= 11 is 1.36. The third kappa shape index (κ3) is 2.88. The van der Waals surface area contributed by atoms with E-state index in [1.807, 2.05) is 24.3 Å².